The van der Waals surface area contributed by atoms with Crippen LogP contribution in [0.5, 0.6) is 0 Å². The summed E-state index contributed by atoms with van der Waals surface area (Å²) in [5.41, 5.74) is -0.00402. The van der Waals surface area contributed by atoms with Gasteiger partial charge in [-0.05, 0) is 53.2 Å². The maximum Gasteiger partial charge on any atom is 0.237 e. The van der Waals surface area contributed by atoms with Gasteiger partial charge in [0.15, 0.2) is 0 Å². The minimum absolute atomic E-state index is 0. The summed E-state index contributed by atoms with van der Waals surface area (Å²) < 4.78 is 0. The van der Waals surface area contributed by atoms with Crippen LogP contribution < -0.4 is 10.6 Å². The lowest BCUT2D eigenvalue weighted by molar-refractivity contribution is -0.124. The smallest absolute Gasteiger partial charge is 0.237 e. The maximum absolute atomic E-state index is 12.0. The first-order chi connectivity index (χ1) is 7.83. The Kier molecular flexibility index (Phi) is 7.18. The molecule has 2 atom stereocenters. The van der Waals surface area contributed by atoms with Crippen LogP contribution in [0.15, 0.2) is 0 Å². The molecular formula is C13H28ClN3O. The topological polar surface area (TPSA) is 44.4 Å². The minimum atomic E-state index is -0.00402. The summed E-state index contributed by atoms with van der Waals surface area (Å²) in [6, 6.07) is -0.00304. The zero-order valence-electron chi connectivity index (χ0n) is 12.2. The molecule has 18 heavy (non-hydrogen) atoms. The minimum Gasteiger partial charge on any atom is -0.353 e. The number of amides is 1. The van der Waals surface area contributed by atoms with Crippen LogP contribution in [-0.4, -0.2) is 49.6 Å². The molecule has 0 aromatic carbocycles. The van der Waals surface area contributed by atoms with Crippen molar-refractivity contribution in [3.63, 3.8) is 0 Å². The van der Waals surface area contributed by atoms with Gasteiger partial charge < -0.3 is 15.5 Å². The Balaban J connectivity index is 0.00000289. The van der Waals surface area contributed by atoms with Crippen molar-refractivity contribution in [2.24, 2.45) is 5.92 Å². The van der Waals surface area contributed by atoms with Crippen LogP contribution in [0.1, 0.15) is 33.6 Å². The third-order valence-electron chi connectivity index (χ3n) is 3.89. The van der Waals surface area contributed by atoms with Crippen molar-refractivity contribution in [3.05, 3.63) is 0 Å². The van der Waals surface area contributed by atoms with E-state index >= 15 is 0 Å². The second-order valence-corrected chi connectivity index (χ2v) is 6.06. The lowest BCUT2D eigenvalue weighted by Crippen LogP contribution is -2.53. The van der Waals surface area contributed by atoms with E-state index in [1.54, 1.807) is 0 Å². The molecule has 1 fully saturated rings. The Bertz CT molecular complexity index is 269. The molecule has 0 aromatic rings. The normalized spacial score (nSPS) is 24.6. The molecule has 0 spiro atoms. The molecule has 0 radical (unpaired) electrons. The molecule has 5 heteroatoms. The van der Waals surface area contributed by atoms with Crippen molar-refractivity contribution in [1.29, 1.82) is 0 Å². The molecule has 1 saturated heterocycles. The SMILES string of the molecule is CC1CCNC(C(=O)NCC(C)(C)N(C)C)C1.Cl. The van der Waals surface area contributed by atoms with Crippen LogP contribution in [0.4, 0.5) is 0 Å². The summed E-state index contributed by atoms with van der Waals surface area (Å²) in [7, 11) is 4.07. The van der Waals surface area contributed by atoms with E-state index < -0.39 is 0 Å². The van der Waals surface area contributed by atoms with Crippen molar-refractivity contribution >= 4 is 18.3 Å². The lowest BCUT2D eigenvalue weighted by atomic mass is 9.93. The summed E-state index contributed by atoms with van der Waals surface area (Å²) in [6.07, 6.45) is 2.13. The van der Waals surface area contributed by atoms with Gasteiger partial charge in [-0.2, -0.15) is 0 Å². The summed E-state index contributed by atoms with van der Waals surface area (Å²) in [5.74, 6) is 0.792. The fourth-order valence-corrected chi connectivity index (χ4v) is 1.89. The third kappa shape index (κ3) is 5.12. The molecule has 0 aliphatic carbocycles. The Morgan fingerprint density at radius 3 is 2.56 bits per heavy atom. The molecule has 0 bridgehead atoms. The summed E-state index contributed by atoms with van der Waals surface area (Å²) >= 11 is 0. The second-order valence-electron chi connectivity index (χ2n) is 6.06. The quantitative estimate of drug-likeness (QED) is 0.813. The van der Waals surface area contributed by atoms with Crippen molar-refractivity contribution < 1.29 is 4.79 Å². The van der Waals surface area contributed by atoms with Gasteiger partial charge in [0.25, 0.3) is 0 Å². The average molecular weight is 278 g/mol. The molecule has 1 aliphatic rings. The molecule has 2 N–H and O–H groups in total. The highest BCUT2D eigenvalue weighted by Gasteiger charge is 2.27. The van der Waals surface area contributed by atoms with Gasteiger partial charge in [-0.25, -0.2) is 0 Å². The number of halogens is 1. The number of rotatable bonds is 4. The van der Waals surface area contributed by atoms with E-state index in [1.165, 1.54) is 6.42 Å². The van der Waals surface area contributed by atoms with Crippen LogP contribution in [0, 0.1) is 5.92 Å². The average Bonchev–Trinajstić information content (AvgIpc) is 2.25. The van der Waals surface area contributed by atoms with Gasteiger partial charge in [-0.15, -0.1) is 12.4 Å². The standard InChI is InChI=1S/C13H27N3O.ClH/c1-10-6-7-14-11(8-10)12(17)15-9-13(2,3)16(4)5;/h10-11,14H,6-9H2,1-5H3,(H,15,17);1H. The van der Waals surface area contributed by atoms with Crippen molar-refractivity contribution in [2.75, 3.05) is 27.2 Å². The number of carbonyl (C=O) groups is 1. The highest BCUT2D eigenvalue weighted by molar-refractivity contribution is 5.85. The number of piperidine rings is 1. The van der Waals surface area contributed by atoms with E-state index in [0.717, 1.165) is 13.0 Å². The Labute approximate surface area is 117 Å². The molecule has 1 amide bonds. The van der Waals surface area contributed by atoms with E-state index in [-0.39, 0.29) is 29.9 Å². The molecular weight excluding hydrogens is 250 g/mol. The van der Waals surface area contributed by atoms with Crippen LogP contribution in [0.3, 0.4) is 0 Å². The van der Waals surface area contributed by atoms with E-state index in [4.69, 9.17) is 0 Å². The Hall–Kier alpha value is -0.320. The number of nitrogens with one attached hydrogen (secondary N) is 2. The van der Waals surface area contributed by atoms with Crippen LogP contribution in [0.2, 0.25) is 0 Å². The van der Waals surface area contributed by atoms with Gasteiger partial charge in [0, 0.05) is 12.1 Å². The lowest BCUT2D eigenvalue weighted by Gasteiger charge is -2.34. The summed E-state index contributed by atoms with van der Waals surface area (Å²) in [5, 5.41) is 6.34. The second kappa shape index (κ2) is 7.31. The summed E-state index contributed by atoms with van der Waals surface area (Å²) in [6.45, 7) is 8.11. The summed E-state index contributed by atoms with van der Waals surface area (Å²) in [4.78, 5) is 14.1. The van der Waals surface area contributed by atoms with Gasteiger partial charge in [0.1, 0.15) is 0 Å². The van der Waals surface area contributed by atoms with Gasteiger partial charge in [0.2, 0.25) is 5.91 Å². The monoisotopic (exact) mass is 277 g/mol. The van der Waals surface area contributed by atoms with Gasteiger partial charge in [-0.3, -0.25) is 4.79 Å². The zero-order valence-corrected chi connectivity index (χ0v) is 13.1. The molecule has 4 nitrogen and oxygen atoms in total. The highest BCUT2D eigenvalue weighted by atomic mass is 35.5. The first-order valence-corrected chi connectivity index (χ1v) is 6.51. The zero-order chi connectivity index (χ0) is 13.1. The van der Waals surface area contributed by atoms with Crippen molar-refractivity contribution in [1.82, 2.24) is 15.5 Å². The van der Waals surface area contributed by atoms with E-state index in [0.29, 0.717) is 12.5 Å². The van der Waals surface area contributed by atoms with E-state index in [9.17, 15) is 4.79 Å². The predicted molar refractivity (Wildman–Crippen MR) is 78.2 cm³/mol. The molecule has 0 aromatic heterocycles. The van der Waals surface area contributed by atoms with Crippen LogP contribution >= 0.6 is 12.4 Å². The highest BCUT2D eigenvalue weighted by Crippen LogP contribution is 2.15. The number of hydrogen-bond acceptors (Lipinski definition) is 3. The molecule has 1 heterocycles. The van der Waals surface area contributed by atoms with Crippen LogP contribution in [0.25, 0.3) is 0 Å². The van der Waals surface area contributed by atoms with Crippen molar-refractivity contribution in [2.45, 2.75) is 45.2 Å². The molecule has 1 aliphatic heterocycles. The van der Waals surface area contributed by atoms with Gasteiger partial charge in [0.05, 0.1) is 6.04 Å². The van der Waals surface area contributed by atoms with E-state index in [2.05, 4.69) is 36.3 Å². The maximum atomic E-state index is 12.0. The Morgan fingerprint density at radius 2 is 2.06 bits per heavy atom. The number of nitrogens with zero attached hydrogens (tertiary/aromatic N) is 1. The fraction of sp³-hybridized carbons (Fsp3) is 0.923. The van der Waals surface area contributed by atoms with Gasteiger partial charge in [-0.1, -0.05) is 6.92 Å². The van der Waals surface area contributed by atoms with Crippen molar-refractivity contribution in [3.8, 4) is 0 Å². The fourth-order valence-electron chi connectivity index (χ4n) is 1.89. The first-order valence-electron chi connectivity index (χ1n) is 6.51. The first kappa shape index (κ1) is 17.7. The van der Waals surface area contributed by atoms with E-state index in [1.807, 2.05) is 14.1 Å². The molecule has 108 valence electrons. The number of carbonyl (C=O) groups excluding carboxylic acids is 1. The predicted octanol–water partition coefficient (Wildman–Crippen LogP) is 1.25. The molecule has 0 saturated carbocycles. The molecule has 1 rings (SSSR count). The largest absolute Gasteiger partial charge is 0.353 e. The number of hydrogen-bond donors (Lipinski definition) is 2. The Morgan fingerprint density at radius 1 is 1.44 bits per heavy atom. The van der Waals surface area contributed by atoms with Gasteiger partial charge >= 0.3 is 0 Å². The van der Waals surface area contributed by atoms with Crippen LogP contribution in [-0.2, 0) is 4.79 Å². The molecule has 2 unspecified atom stereocenters. The third-order valence-corrected chi connectivity index (χ3v) is 3.89. The number of likely N-dealkylation sites (N-methyl/N-ethyl adjacent to an activating group) is 1.